The number of hydrogen-bond acceptors (Lipinski definition) is 3. The van der Waals surface area contributed by atoms with Crippen molar-refractivity contribution in [2.45, 2.75) is 39.3 Å². The summed E-state index contributed by atoms with van der Waals surface area (Å²) in [5.41, 5.74) is 1.13. The molecule has 1 aromatic carbocycles. The Balaban J connectivity index is 2.71. The van der Waals surface area contributed by atoms with Gasteiger partial charge in [0.25, 0.3) is 5.91 Å². The summed E-state index contributed by atoms with van der Waals surface area (Å²) in [6, 6.07) is 3.97. The number of halogens is 2. The maximum absolute atomic E-state index is 11.9. The van der Waals surface area contributed by atoms with Crippen LogP contribution in [0.5, 0.6) is 5.75 Å². The van der Waals surface area contributed by atoms with E-state index in [1.165, 1.54) is 0 Å². The third-order valence-corrected chi connectivity index (χ3v) is 4.11. The second kappa shape index (κ2) is 9.43. The van der Waals surface area contributed by atoms with Crippen molar-refractivity contribution in [2.24, 2.45) is 0 Å². The highest BCUT2D eigenvalue weighted by molar-refractivity contribution is 9.11. The average Bonchev–Trinajstić information content (AvgIpc) is 2.43. The maximum atomic E-state index is 11.9. The second-order valence-electron chi connectivity index (χ2n) is 4.82. The summed E-state index contributed by atoms with van der Waals surface area (Å²) in [6.07, 6.45) is 1.49. The first kappa shape index (κ1) is 18.5. The van der Waals surface area contributed by atoms with Crippen molar-refractivity contribution in [1.29, 1.82) is 0 Å². The molecule has 0 bridgehead atoms. The van der Waals surface area contributed by atoms with Gasteiger partial charge in [0.2, 0.25) is 0 Å². The lowest BCUT2D eigenvalue weighted by Crippen LogP contribution is -2.36. The highest BCUT2D eigenvalue weighted by Gasteiger charge is 2.18. The molecule has 0 aliphatic rings. The zero-order chi connectivity index (χ0) is 15.8. The molecule has 1 aromatic rings. The van der Waals surface area contributed by atoms with Crippen LogP contribution in [-0.2, 0) is 11.3 Å². The van der Waals surface area contributed by atoms with Gasteiger partial charge in [-0.25, -0.2) is 0 Å². The number of carbonyl (C=O) groups is 1. The molecule has 1 unspecified atom stereocenters. The number of unbranched alkanes of at least 4 members (excludes halogenated alkanes) is 1. The predicted molar refractivity (Wildman–Crippen MR) is 92.6 cm³/mol. The van der Waals surface area contributed by atoms with Gasteiger partial charge in [0.1, 0.15) is 5.75 Å². The van der Waals surface area contributed by atoms with Gasteiger partial charge < -0.3 is 15.4 Å². The summed E-state index contributed by atoms with van der Waals surface area (Å²) in [7, 11) is 1.90. The fourth-order valence-electron chi connectivity index (χ4n) is 1.79. The molecular formula is C15H22Br2N2O2. The van der Waals surface area contributed by atoms with Gasteiger partial charge >= 0.3 is 0 Å². The van der Waals surface area contributed by atoms with Crippen molar-refractivity contribution in [3.05, 3.63) is 26.6 Å². The lowest BCUT2D eigenvalue weighted by Gasteiger charge is -2.17. The molecule has 0 aliphatic heterocycles. The minimum absolute atomic E-state index is 0.0958. The zero-order valence-corrected chi connectivity index (χ0v) is 15.8. The molecule has 0 saturated heterocycles. The zero-order valence-electron chi connectivity index (χ0n) is 12.6. The van der Waals surface area contributed by atoms with Crippen LogP contribution in [0.1, 0.15) is 32.3 Å². The van der Waals surface area contributed by atoms with Crippen LogP contribution >= 0.6 is 31.9 Å². The number of ether oxygens (including phenoxy) is 1. The molecule has 0 spiro atoms. The Labute approximate surface area is 143 Å². The first-order valence-corrected chi connectivity index (χ1v) is 8.65. The van der Waals surface area contributed by atoms with Gasteiger partial charge in [-0.3, -0.25) is 4.79 Å². The molecule has 6 heteroatoms. The minimum atomic E-state index is -0.537. The molecule has 1 atom stereocenters. The summed E-state index contributed by atoms with van der Waals surface area (Å²) in [5.74, 6) is 0.551. The number of carbonyl (C=O) groups excluding carboxylic acids is 1. The van der Waals surface area contributed by atoms with E-state index in [4.69, 9.17) is 4.74 Å². The number of hydrogen-bond donors (Lipinski definition) is 2. The van der Waals surface area contributed by atoms with E-state index >= 15 is 0 Å². The summed E-state index contributed by atoms with van der Waals surface area (Å²) in [5, 5.41) is 5.97. The number of benzene rings is 1. The average molecular weight is 422 g/mol. The monoisotopic (exact) mass is 420 g/mol. The molecular weight excluding hydrogens is 400 g/mol. The van der Waals surface area contributed by atoms with Gasteiger partial charge in [-0.2, -0.15) is 0 Å². The lowest BCUT2D eigenvalue weighted by molar-refractivity contribution is -0.127. The number of amides is 1. The van der Waals surface area contributed by atoms with Gasteiger partial charge in [-0.05, 0) is 69.9 Å². The molecule has 0 radical (unpaired) electrons. The van der Waals surface area contributed by atoms with Gasteiger partial charge in [0.15, 0.2) is 6.10 Å². The van der Waals surface area contributed by atoms with Crippen LogP contribution < -0.4 is 15.4 Å². The van der Waals surface area contributed by atoms with Gasteiger partial charge in [0, 0.05) is 13.1 Å². The van der Waals surface area contributed by atoms with E-state index in [1.807, 2.05) is 19.2 Å². The van der Waals surface area contributed by atoms with Crippen LogP contribution in [0.3, 0.4) is 0 Å². The summed E-state index contributed by atoms with van der Waals surface area (Å²) >= 11 is 6.99. The molecule has 2 N–H and O–H groups in total. The predicted octanol–water partition coefficient (Wildman–Crippen LogP) is 3.61. The first-order valence-electron chi connectivity index (χ1n) is 7.06. The van der Waals surface area contributed by atoms with Crippen LogP contribution in [-0.4, -0.2) is 25.6 Å². The van der Waals surface area contributed by atoms with Crippen molar-refractivity contribution in [1.82, 2.24) is 10.6 Å². The highest BCUT2D eigenvalue weighted by Crippen LogP contribution is 2.35. The van der Waals surface area contributed by atoms with Gasteiger partial charge in [-0.1, -0.05) is 13.3 Å². The Morgan fingerprint density at radius 1 is 1.33 bits per heavy atom. The number of rotatable bonds is 8. The molecule has 0 heterocycles. The van der Waals surface area contributed by atoms with Crippen LogP contribution in [0.15, 0.2) is 21.1 Å². The Hall–Kier alpha value is -0.590. The van der Waals surface area contributed by atoms with Crippen molar-refractivity contribution in [3.8, 4) is 5.75 Å². The number of nitrogens with one attached hydrogen (secondary N) is 2. The van der Waals surface area contributed by atoms with E-state index in [0.29, 0.717) is 12.3 Å². The topological polar surface area (TPSA) is 50.4 Å². The molecule has 1 rings (SSSR count). The summed E-state index contributed by atoms with van der Waals surface area (Å²) in [4.78, 5) is 11.9. The Morgan fingerprint density at radius 2 is 1.95 bits per heavy atom. The molecule has 4 nitrogen and oxygen atoms in total. The normalized spacial score (nSPS) is 12.0. The first-order chi connectivity index (χ1) is 9.99. The Kier molecular flexibility index (Phi) is 8.29. The molecule has 21 heavy (non-hydrogen) atoms. The summed E-state index contributed by atoms with van der Waals surface area (Å²) < 4.78 is 7.43. The highest BCUT2D eigenvalue weighted by atomic mass is 79.9. The third-order valence-electron chi connectivity index (χ3n) is 2.93. The molecule has 118 valence electrons. The smallest absolute Gasteiger partial charge is 0.260 e. The molecule has 0 aliphatic carbocycles. The Morgan fingerprint density at radius 3 is 2.48 bits per heavy atom. The van der Waals surface area contributed by atoms with Crippen molar-refractivity contribution < 1.29 is 9.53 Å². The Bertz CT molecular complexity index is 458. The molecule has 1 amide bonds. The van der Waals surface area contributed by atoms with Crippen LogP contribution in [0, 0.1) is 0 Å². The standard InChI is InChI=1S/C15H22Br2N2O2/c1-4-5-6-19-15(20)10(2)21-14-12(16)7-11(9-18-3)8-13(14)17/h7-8,10,18H,4-6,9H2,1-3H3,(H,19,20). The molecule has 0 aromatic heterocycles. The van der Waals surface area contributed by atoms with E-state index in [-0.39, 0.29) is 5.91 Å². The lowest BCUT2D eigenvalue weighted by atomic mass is 10.2. The maximum Gasteiger partial charge on any atom is 0.260 e. The second-order valence-corrected chi connectivity index (χ2v) is 6.53. The van der Waals surface area contributed by atoms with Crippen molar-refractivity contribution >= 4 is 37.8 Å². The SMILES string of the molecule is CCCCNC(=O)C(C)Oc1c(Br)cc(CNC)cc1Br. The van der Waals surface area contributed by atoms with Gasteiger partial charge in [-0.15, -0.1) is 0 Å². The molecule has 0 fully saturated rings. The largest absolute Gasteiger partial charge is 0.479 e. The quantitative estimate of drug-likeness (QED) is 0.630. The third kappa shape index (κ3) is 5.96. The summed E-state index contributed by atoms with van der Waals surface area (Å²) in [6.45, 7) is 5.30. The van der Waals surface area contributed by atoms with Crippen LogP contribution in [0.2, 0.25) is 0 Å². The van der Waals surface area contributed by atoms with E-state index < -0.39 is 6.10 Å². The molecule has 0 saturated carbocycles. The fourth-order valence-corrected chi connectivity index (χ4v) is 3.26. The van der Waals surface area contributed by atoms with E-state index in [2.05, 4.69) is 49.4 Å². The minimum Gasteiger partial charge on any atom is -0.479 e. The van der Waals surface area contributed by atoms with E-state index in [0.717, 1.165) is 33.9 Å². The van der Waals surface area contributed by atoms with Crippen LogP contribution in [0.4, 0.5) is 0 Å². The van der Waals surface area contributed by atoms with Gasteiger partial charge in [0.05, 0.1) is 8.95 Å². The van der Waals surface area contributed by atoms with Crippen molar-refractivity contribution in [3.63, 3.8) is 0 Å². The fraction of sp³-hybridized carbons (Fsp3) is 0.533. The van der Waals surface area contributed by atoms with E-state index in [1.54, 1.807) is 6.92 Å². The van der Waals surface area contributed by atoms with E-state index in [9.17, 15) is 4.79 Å². The van der Waals surface area contributed by atoms with Crippen LogP contribution in [0.25, 0.3) is 0 Å². The van der Waals surface area contributed by atoms with Crippen molar-refractivity contribution in [2.75, 3.05) is 13.6 Å².